The van der Waals surface area contributed by atoms with Gasteiger partial charge in [0.1, 0.15) is 5.82 Å². The Kier molecular flexibility index (Phi) is 3.64. The van der Waals surface area contributed by atoms with Crippen molar-refractivity contribution in [1.82, 2.24) is 0 Å². The van der Waals surface area contributed by atoms with Crippen LogP contribution in [0.4, 0.5) is 10.1 Å². The Morgan fingerprint density at radius 3 is 2.47 bits per heavy atom. The van der Waals surface area contributed by atoms with Gasteiger partial charge in [-0.15, -0.1) is 0 Å². The lowest BCUT2D eigenvalue weighted by atomic mass is 10.1. The van der Waals surface area contributed by atoms with Crippen LogP contribution in [0.15, 0.2) is 12.1 Å². The minimum atomic E-state index is -0.765. The molecule has 2 rings (SSSR count). The number of fused-ring (bicyclic) bond motifs is 1. The molecule has 1 aromatic rings. The van der Waals surface area contributed by atoms with Crippen LogP contribution in [0, 0.1) is 12.7 Å². The molecular formula is C13H14FNO4. The van der Waals surface area contributed by atoms with Crippen molar-refractivity contribution in [3.05, 3.63) is 29.1 Å². The second-order valence-corrected chi connectivity index (χ2v) is 4.29. The van der Waals surface area contributed by atoms with E-state index in [4.69, 9.17) is 9.47 Å². The van der Waals surface area contributed by atoms with E-state index in [0.717, 1.165) is 4.90 Å². The Morgan fingerprint density at radius 1 is 1.26 bits per heavy atom. The van der Waals surface area contributed by atoms with Gasteiger partial charge in [-0.25, -0.2) is 4.39 Å². The Labute approximate surface area is 109 Å². The fourth-order valence-corrected chi connectivity index (χ4v) is 2.09. The third-order valence-corrected chi connectivity index (χ3v) is 3.02. The van der Waals surface area contributed by atoms with Crippen molar-refractivity contribution in [2.24, 2.45) is 0 Å². The lowest BCUT2D eigenvalue weighted by Gasteiger charge is -2.22. The molecule has 1 heterocycles. The summed E-state index contributed by atoms with van der Waals surface area (Å²) in [7, 11) is 2.81. The van der Waals surface area contributed by atoms with Crippen LogP contribution in [0.3, 0.4) is 0 Å². The molecule has 0 atom stereocenters. The standard InChI is InChI=1S/C13H14FNO4/c1-7-4-8-11(9(14)5-7)15(13(17)12(8)16)6-10(18-2)19-3/h4-5,10H,6H2,1-3H3. The van der Waals surface area contributed by atoms with E-state index in [1.54, 1.807) is 6.92 Å². The highest BCUT2D eigenvalue weighted by Gasteiger charge is 2.39. The molecule has 1 aromatic carbocycles. The molecule has 0 radical (unpaired) electrons. The van der Waals surface area contributed by atoms with Crippen molar-refractivity contribution in [3.63, 3.8) is 0 Å². The fourth-order valence-electron chi connectivity index (χ4n) is 2.09. The van der Waals surface area contributed by atoms with Gasteiger partial charge in [-0.3, -0.25) is 14.5 Å². The number of carbonyl (C=O) groups excluding carboxylic acids is 2. The summed E-state index contributed by atoms with van der Waals surface area (Å²) in [6.07, 6.45) is -0.719. The van der Waals surface area contributed by atoms with Gasteiger partial charge >= 0.3 is 0 Å². The predicted octanol–water partition coefficient (Wildman–Crippen LogP) is 1.28. The maximum absolute atomic E-state index is 14.0. The van der Waals surface area contributed by atoms with Crippen molar-refractivity contribution in [3.8, 4) is 0 Å². The normalized spacial score (nSPS) is 14.5. The van der Waals surface area contributed by atoms with Gasteiger partial charge in [0, 0.05) is 14.2 Å². The van der Waals surface area contributed by atoms with Gasteiger partial charge < -0.3 is 9.47 Å². The first kappa shape index (κ1) is 13.6. The molecule has 0 aromatic heterocycles. The number of ketones is 1. The number of methoxy groups -OCH3 is 2. The van der Waals surface area contributed by atoms with Crippen molar-refractivity contribution in [2.75, 3.05) is 25.7 Å². The number of rotatable bonds is 4. The lowest BCUT2D eigenvalue weighted by molar-refractivity contribution is -0.119. The van der Waals surface area contributed by atoms with Crippen LogP contribution >= 0.6 is 0 Å². The van der Waals surface area contributed by atoms with Crippen LogP contribution in [0.25, 0.3) is 0 Å². The maximum Gasteiger partial charge on any atom is 0.299 e. The third-order valence-electron chi connectivity index (χ3n) is 3.02. The quantitative estimate of drug-likeness (QED) is 0.609. The minimum absolute atomic E-state index is 0.000278. The average Bonchev–Trinajstić information content (AvgIpc) is 2.61. The minimum Gasteiger partial charge on any atom is -0.354 e. The molecule has 0 N–H and O–H groups in total. The van der Waals surface area contributed by atoms with E-state index in [9.17, 15) is 14.0 Å². The number of hydrogen-bond acceptors (Lipinski definition) is 4. The first-order valence-corrected chi connectivity index (χ1v) is 5.71. The summed E-state index contributed by atoms with van der Waals surface area (Å²) in [5, 5.41) is 0. The lowest BCUT2D eigenvalue weighted by Crippen LogP contribution is -2.38. The highest BCUT2D eigenvalue weighted by Crippen LogP contribution is 2.33. The Balaban J connectivity index is 2.44. The zero-order valence-electron chi connectivity index (χ0n) is 10.9. The summed E-state index contributed by atoms with van der Waals surface area (Å²) in [4.78, 5) is 24.8. The average molecular weight is 267 g/mol. The molecule has 5 nitrogen and oxygen atoms in total. The number of amides is 1. The molecule has 6 heteroatoms. The van der Waals surface area contributed by atoms with Crippen molar-refractivity contribution in [1.29, 1.82) is 0 Å². The molecule has 0 aliphatic carbocycles. The zero-order valence-corrected chi connectivity index (χ0v) is 10.9. The second-order valence-electron chi connectivity index (χ2n) is 4.29. The molecule has 0 fully saturated rings. The number of Topliss-reactive ketones (excluding diaryl/α,β-unsaturated/α-hetero) is 1. The monoisotopic (exact) mass is 267 g/mol. The van der Waals surface area contributed by atoms with Gasteiger partial charge in [-0.2, -0.15) is 0 Å². The summed E-state index contributed by atoms with van der Waals surface area (Å²) in [6.45, 7) is 1.63. The Bertz CT molecular complexity index is 540. The van der Waals surface area contributed by atoms with Gasteiger partial charge in [0.25, 0.3) is 11.7 Å². The second kappa shape index (κ2) is 5.07. The van der Waals surface area contributed by atoms with Crippen molar-refractivity contribution < 1.29 is 23.5 Å². The fraction of sp³-hybridized carbons (Fsp3) is 0.385. The van der Waals surface area contributed by atoms with Gasteiger partial charge in [-0.05, 0) is 24.6 Å². The summed E-state index contributed by atoms with van der Waals surface area (Å²) in [5.41, 5.74) is 0.683. The first-order valence-electron chi connectivity index (χ1n) is 5.71. The van der Waals surface area contributed by atoms with Crippen LogP contribution in [-0.4, -0.2) is 38.7 Å². The third kappa shape index (κ3) is 2.24. The van der Waals surface area contributed by atoms with Crippen LogP contribution in [0.2, 0.25) is 0 Å². The summed E-state index contributed by atoms with van der Waals surface area (Å²) in [6, 6.07) is 2.79. The van der Waals surface area contributed by atoms with Gasteiger partial charge in [0.05, 0.1) is 17.8 Å². The van der Waals surface area contributed by atoms with Crippen LogP contribution in [0.1, 0.15) is 15.9 Å². The summed E-state index contributed by atoms with van der Waals surface area (Å²) < 4.78 is 23.9. The van der Waals surface area contributed by atoms with E-state index in [0.29, 0.717) is 5.56 Å². The molecule has 1 aliphatic heterocycles. The molecule has 0 spiro atoms. The van der Waals surface area contributed by atoms with E-state index in [1.165, 1.54) is 26.4 Å². The number of carbonyl (C=O) groups is 2. The molecule has 1 amide bonds. The number of aryl methyl sites for hydroxylation is 1. The molecular weight excluding hydrogens is 253 g/mol. The van der Waals surface area contributed by atoms with Crippen LogP contribution in [0.5, 0.6) is 0 Å². The number of ether oxygens (including phenoxy) is 2. The van der Waals surface area contributed by atoms with E-state index >= 15 is 0 Å². The van der Waals surface area contributed by atoms with E-state index < -0.39 is 23.8 Å². The molecule has 0 saturated heterocycles. The van der Waals surface area contributed by atoms with Gasteiger partial charge in [0.2, 0.25) is 0 Å². The predicted molar refractivity (Wildman–Crippen MR) is 65.6 cm³/mol. The highest BCUT2D eigenvalue weighted by atomic mass is 19.1. The van der Waals surface area contributed by atoms with Gasteiger partial charge in [-0.1, -0.05) is 0 Å². The summed E-state index contributed by atoms with van der Waals surface area (Å²) >= 11 is 0. The Hall–Kier alpha value is -1.79. The van der Waals surface area contributed by atoms with Crippen LogP contribution in [-0.2, 0) is 14.3 Å². The molecule has 1 aliphatic rings. The Morgan fingerprint density at radius 2 is 1.89 bits per heavy atom. The number of hydrogen-bond donors (Lipinski definition) is 0. The topological polar surface area (TPSA) is 55.8 Å². The zero-order chi connectivity index (χ0) is 14.2. The van der Waals surface area contributed by atoms with Crippen LogP contribution < -0.4 is 4.90 Å². The van der Waals surface area contributed by atoms with Crippen molar-refractivity contribution >= 4 is 17.4 Å². The molecule has 102 valence electrons. The van der Waals surface area contributed by atoms with E-state index in [2.05, 4.69) is 0 Å². The van der Waals surface area contributed by atoms with Crippen molar-refractivity contribution in [2.45, 2.75) is 13.2 Å². The number of nitrogens with zero attached hydrogens (tertiary/aromatic N) is 1. The largest absolute Gasteiger partial charge is 0.354 e. The number of benzene rings is 1. The smallest absolute Gasteiger partial charge is 0.299 e. The molecule has 0 saturated carbocycles. The molecule has 0 unspecified atom stereocenters. The van der Waals surface area contributed by atoms with E-state index in [1.807, 2.05) is 0 Å². The van der Waals surface area contributed by atoms with Gasteiger partial charge in [0.15, 0.2) is 6.29 Å². The molecule has 0 bridgehead atoms. The van der Waals surface area contributed by atoms with E-state index in [-0.39, 0.29) is 17.8 Å². The highest BCUT2D eigenvalue weighted by molar-refractivity contribution is 6.52. The maximum atomic E-state index is 14.0. The SMILES string of the molecule is COC(CN1C(=O)C(=O)c2cc(C)cc(F)c21)OC. The summed E-state index contributed by atoms with van der Waals surface area (Å²) in [5.74, 6) is -2.07. The number of halogens is 1. The molecule has 19 heavy (non-hydrogen) atoms. The first-order chi connectivity index (χ1) is 8.99. The number of anilines is 1.